The fourth-order valence-corrected chi connectivity index (χ4v) is 3.39. The smallest absolute Gasteiger partial charge is 0.237 e. The Hall–Kier alpha value is -1.56. The first-order valence-corrected chi connectivity index (χ1v) is 8.33. The lowest BCUT2D eigenvalue weighted by Gasteiger charge is -2.35. The zero-order valence-corrected chi connectivity index (χ0v) is 13.4. The van der Waals surface area contributed by atoms with Gasteiger partial charge in [0.2, 0.25) is 5.91 Å². The van der Waals surface area contributed by atoms with Gasteiger partial charge in [0, 0.05) is 12.6 Å². The minimum atomic E-state index is -0.895. The number of thiophene rings is 1. The molecule has 6 heteroatoms. The van der Waals surface area contributed by atoms with Gasteiger partial charge in [-0.25, -0.2) is 0 Å². The van der Waals surface area contributed by atoms with Crippen LogP contribution in [0.25, 0.3) is 0 Å². The highest BCUT2D eigenvalue weighted by Crippen LogP contribution is 2.36. The predicted octanol–water partition coefficient (Wildman–Crippen LogP) is 2.79. The van der Waals surface area contributed by atoms with Gasteiger partial charge in [-0.3, -0.25) is 4.79 Å². The van der Waals surface area contributed by atoms with Crippen molar-refractivity contribution in [2.75, 3.05) is 0 Å². The van der Waals surface area contributed by atoms with Gasteiger partial charge in [-0.2, -0.15) is 11.3 Å². The third-order valence-corrected chi connectivity index (χ3v) is 5.13. The Morgan fingerprint density at radius 1 is 1.52 bits per heavy atom. The highest BCUT2D eigenvalue weighted by Gasteiger charge is 2.46. The van der Waals surface area contributed by atoms with Gasteiger partial charge in [0.1, 0.15) is 5.41 Å². The van der Waals surface area contributed by atoms with Crippen molar-refractivity contribution in [1.82, 2.24) is 4.90 Å². The third kappa shape index (κ3) is 3.05. The van der Waals surface area contributed by atoms with Crippen LogP contribution in [0.2, 0.25) is 0 Å². The molecular formula is C15H23N3O2S. The summed E-state index contributed by atoms with van der Waals surface area (Å²) in [5.41, 5.74) is 6.10. The van der Waals surface area contributed by atoms with Crippen LogP contribution in [0.15, 0.2) is 22.0 Å². The van der Waals surface area contributed by atoms with Gasteiger partial charge in [-0.15, -0.1) is 0 Å². The molecule has 0 radical (unpaired) electrons. The average molecular weight is 309 g/mol. The second kappa shape index (κ2) is 6.47. The number of amidine groups is 1. The summed E-state index contributed by atoms with van der Waals surface area (Å²) in [6, 6.07) is 2.33. The lowest BCUT2D eigenvalue weighted by molar-refractivity contribution is -0.140. The first-order valence-electron chi connectivity index (χ1n) is 7.39. The second-order valence-corrected chi connectivity index (χ2v) is 6.35. The van der Waals surface area contributed by atoms with Gasteiger partial charge < -0.3 is 15.8 Å². The third-order valence-electron chi connectivity index (χ3n) is 4.40. The zero-order chi connectivity index (χ0) is 15.5. The Morgan fingerprint density at radius 3 is 2.62 bits per heavy atom. The van der Waals surface area contributed by atoms with Crippen molar-refractivity contribution in [1.29, 1.82) is 0 Å². The van der Waals surface area contributed by atoms with Crippen LogP contribution in [-0.2, 0) is 11.3 Å². The van der Waals surface area contributed by atoms with Crippen molar-refractivity contribution in [3.05, 3.63) is 22.4 Å². The normalized spacial score (nSPS) is 16.0. The highest BCUT2D eigenvalue weighted by atomic mass is 32.1. The molecule has 1 aromatic heterocycles. The van der Waals surface area contributed by atoms with Crippen LogP contribution < -0.4 is 5.73 Å². The maximum atomic E-state index is 13.1. The van der Waals surface area contributed by atoms with Crippen molar-refractivity contribution < 1.29 is 10.0 Å². The molecule has 1 aliphatic rings. The highest BCUT2D eigenvalue weighted by molar-refractivity contribution is 7.07. The second-order valence-electron chi connectivity index (χ2n) is 5.57. The number of carbonyl (C=O) groups excluding carboxylic acids is 1. The number of amides is 1. The summed E-state index contributed by atoms with van der Waals surface area (Å²) in [4.78, 5) is 15.0. The molecule has 0 bridgehead atoms. The van der Waals surface area contributed by atoms with Gasteiger partial charge in [0.05, 0.1) is 0 Å². The number of hydrogen-bond donors (Lipinski definition) is 2. The molecule has 5 nitrogen and oxygen atoms in total. The monoisotopic (exact) mass is 309 g/mol. The summed E-state index contributed by atoms with van der Waals surface area (Å²) in [5, 5.41) is 16.3. The van der Waals surface area contributed by atoms with Gasteiger partial charge in [-0.05, 0) is 48.1 Å². The van der Waals surface area contributed by atoms with Gasteiger partial charge >= 0.3 is 0 Å². The topological polar surface area (TPSA) is 78.9 Å². The van der Waals surface area contributed by atoms with Crippen molar-refractivity contribution in [2.24, 2.45) is 16.3 Å². The van der Waals surface area contributed by atoms with Crippen LogP contribution in [0, 0.1) is 5.41 Å². The SMILES string of the molecule is CCC(CC)(C(=O)N(Cc1ccsc1)C1CC1)C(N)=NO. The van der Waals surface area contributed by atoms with Crippen LogP contribution in [0.5, 0.6) is 0 Å². The minimum Gasteiger partial charge on any atom is -0.409 e. The lowest BCUT2D eigenvalue weighted by atomic mass is 9.79. The summed E-state index contributed by atoms with van der Waals surface area (Å²) in [6.45, 7) is 4.43. The van der Waals surface area contributed by atoms with Gasteiger partial charge in [-0.1, -0.05) is 19.0 Å². The Kier molecular flexibility index (Phi) is 4.88. The summed E-state index contributed by atoms with van der Waals surface area (Å²) >= 11 is 1.63. The fraction of sp³-hybridized carbons (Fsp3) is 0.600. The molecule has 0 atom stereocenters. The van der Waals surface area contributed by atoms with Crippen LogP contribution in [0.3, 0.4) is 0 Å². The molecule has 1 aliphatic carbocycles. The van der Waals surface area contributed by atoms with Gasteiger partial charge in [0.15, 0.2) is 5.84 Å². The summed E-state index contributed by atoms with van der Waals surface area (Å²) in [6.07, 6.45) is 3.14. The lowest BCUT2D eigenvalue weighted by Crippen LogP contribution is -2.51. The number of oxime groups is 1. The average Bonchev–Trinajstić information content (AvgIpc) is 3.22. The molecule has 0 aromatic carbocycles. The molecule has 1 saturated carbocycles. The molecule has 0 aliphatic heterocycles. The Morgan fingerprint density at radius 2 is 2.19 bits per heavy atom. The molecule has 1 heterocycles. The standard InChI is InChI=1S/C15H23N3O2S/c1-3-15(4-2,13(16)17-20)14(19)18(12-5-6-12)9-11-7-8-21-10-11/h7-8,10,12,20H,3-6,9H2,1-2H3,(H2,16,17). The van der Waals surface area contributed by atoms with Crippen molar-refractivity contribution in [3.8, 4) is 0 Å². The number of carbonyl (C=O) groups is 1. The van der Waals surface area contributed by atoms with Crippen LogP contribution in [-0.4, -0.2) is 27.9 Å². The number of nitrogens with two attached hydrogens (primary N) is 1. The van der Waals surface area contributed by atoms with Crippen molar-refractivity contribution in [2.45, 2.75) is 52.1 Å². The van der Waals surface area contributed by atoms with E-state index in [0.29, 0.717) is 25.4 Å². The molecule has 116 valence electrons. The Balaban J connectivity index is 2.27. The molecule has 3 N–H and O–H groups in total. The number of hydrogen-bond acceptors (Lipinski definition) is 4. The molecule has 1 amide bonds. The Bertz CT molecular complexity index is 505. The van der Waals surface area contributed by atoms with E-state index in [2.05, 4.69) is 10.5 Å². The molecule has 0 spiro atoms. The van der Waals surface area contributed by atoms with Crippen molar-refractivity contribution in [3.63, 3.8) is 0 Å². The molecule has 0 saturated heterocycles. The van der Waals surface area contributed by atoms with E-state index < -0.39 is 5.41 Å². The summed E-state index contributed by atoms with van der Waals surface area (Å²) in [5.74, 6) is 0.00460. The molecule has 1 aromatic rings. The maximum absolute atomic E-state index is 13.1. The molecular weight excluding hydrogens is 286 g/mol. The largest absolute Gasteiger partial charge is 0.409 e. The first kappa shape index (κ1) is 15.8. The quantitative estimate of drug-likeness (QED) is 0.352. The van der Waals surface area contributed by atoms with E-state index in [4.69, 9.17) is 10.9 Å². The summed E-state index contributed by atoms with van der Waals surface area (Å²) < 4.78 is 0. The van der Waals surface area contributed by atoms with Crippen LogP contribution in [0.4, 0.5) is 0 Å². The Labute approximate surface area is 129 Å². The van der Waals surface area contributed by atoms with E-state index >= 15 is 0 Å². The predicted molar refractivity (Wildman–Crippen MR) is 84.3 cm³/mol. The number of nitrogens with zero attached hydrogens (tertiary/aromatic N) is 2. The van der Waals surface area contributed by atoms with Crippen molar-refractivity contribution >= 4 is 23.1 Å². The maximum Gasteiger partial charge on any atom is 0.237 e. The first-order chi connectivity index (χ1) is 10.1. The minimum absolute atomic E-state index is 0.0171. The molecule has 21 heavy (non-hydrogen) atoms. The van der Waals surface area contributed by atoms with Gasteiger partial charge in [0.25, 0.3) is 0 Å². The summed E-state index contributed by atoms with van der Waals surface area (Å²) in [7, 11) is 0. The van der Waals surface area contributed by atoms with E-state index in [1.54, 1.807) is 11.3 Å². The molecule has 2 rings (SSSR count). The fourth-order valence-electron chi connectivity index (χ4n) is 2.73. The van der Waals surface area contributed by atoms with E-state index in [1.165, 1.54) is 0 Å². The molecule has 1 fully saturated rings. The zero-order valence-electron chi connectivity index (χ0n) is 12.6. The van der Waals surface area contributed by atoms with E-state index in [9.17, 15) is 4.79 Å². The van der Waals surface area contributed by atoms with Crippen LogP contribution in [0.1, 0.15) is 45.1 Å². The number of rotatable bonds is 7. The van der Waals surface area contributed by atoms with E-state index in [-0.39, 0.29) is 11.7 Å². The molecule has 0 unspecified atom stereocenters. The van der Waals surface area contributed by atoms with E-state index in [0.717, 1.165) is 18.4 Å². The van der Waals surface area contributed by atoms with E-state index in [1.807, 2.05) is 30.2 Å². The van der Waals surface area contributed by atoms with Crippen LogP contribution >= 0.6 is 11.3 Å².